The van der Waals surface area contributed by atoms with E-state index in [0.717, 1.165) is 25.2 Å². The number of carbonyl (C=O) groups excluding carboxylic acids is 1. The van der Waals surface area contributed by atoms with Crippen LogP contribution in [0.5, 0.6) is 0 Å². The van der Waals surface area contributed by atoms with Crippen LogP contribution in [0.4, 0.5) is 8.78 Å². The number of piperidine rings is 1. The van der Waals surface area contributed by atoms with Crippen LogP contribution in [0.25, 0.3) is 0 Å². The van der Waals surface area contributed by atoms with E-state index in [-0.39, 0.29) is 5.92 Å². The van der Waals surface area contributed by atoms with Gasteiger partial charge in [0.05, 0.1) is 4.90 Å². The number of hydrogen-bond acceptors (Lipinski definition) is 4. The van der Waals surface area contributed by atoms with E-state index in [4.69, 9.17) is 0 Å². The maximum Gasteiger partial charge on any atom is 0.264 e. The van der Waals surface area contributed by atoms with Crippen LogP contribution in [-0.2, 0) is 14.8 Å². The molecule has 5 nitrogen and oxygen atoms in total. The van der Waals surface area contributed by atoms with Gasteiger partial charge in [-0.1, -0.05) is 0 Å². The Balaban J connectivity index is 1.63. The summed E-state index contributed by atoms with van der Waals surface area (Å²) in [5.74, 6) is -3.35. The maximum atomic E-state index is 13.2. The third-order valence-electron chi connectivity index (χ3n) is 4.40. The van der Waals surface area contributed by atoms with Crippen molar-refractivity contribution in [2.24, 2.45) is 5.92 Å². The van der Waals surface area contributed by atoms with Gasteiger partial charge >= 0.3 is 0 Å². The number of likely N-dealkylation sites (tertiary alicyclic amines) is 1. The van der Waals surface area contributed by atoms with Crippen molar-refractivity contribution < 1.29 is 22.0 Å². The summed E-state index contributed by atoms with van der Waals surface area (Å²) in [6, 6.07) is 2.86. The van der Waals surface area contributed by atoms with Crippen molar-refractivity contribution in [2.45, 2.75) is 36.6 Å². The van der Waals surface area contributed by atoms with Crippen molar-refractivity contribution in [1.82, 2.24) is 9.62 Å². The van der Waals surface area contributed by atoms with Crippen LogP contribution in [0.2, 0.25) is 0 Å². The van der Waals surface area contributed by atoms with Crippen molar-refractivity contribution in [3.63, 3.8) is 0 Å². The van der Waals surface area contributed by atoms with E-state index in [0.29, 0.717) is 24.9 Å². The van der Waals surface area contributed by atoms with E-state index in [9.17, 15) is 22.0 Å². The zero-order chi connectivity index (χ0) is 16.6. The van der Waals surface area contributed by atoms with Crippen molar-refractivity contribution in [3.05, 3.63) is 29.8 Å². The number of rotatable bonds is 4. The van der Waals surface area contributed by atoms with Gasteiger partial charge in [-0.3, -0.25) is 4.79 Å². The van der Waals surface area contributed by atoms with Crippen LogP contribution in [-0.4, -0.2) is 38.4 Å². The molecule has 3 rings (SSSR count). The van der Waals surface area contributed by atoms with Gasteiger partial charge in [-0.25, -0.2) is 21.9 Å². The van der Waals surface area contributed by atoms with Crippen LogP contribution in [0, 0.1) is 17.6 Å². The Hall–Kier alpha value is -1.54. The van der Waals surface area contributed by atoms with Gasteiger partial charge in [0.2, 0.25) is 5.91 Å². The molecular weight excluding hydrogens is 326 g/mol. The highest BCUT2D eigenvalue weighted by Gasteiger charge is 2.34. The van der Waals surface area contributed by atoms with Crippen LogP contribution in [0.15, 0.2) is 23.1 Å². The molecule has 0 radical (unpaired) electrons. The SMILES string of the molecule is O=C(NS(=O)(=O)c1ccc(F)c(F)c1)C1CCN(C2CC2)CC1. The highest BCUT2D eigenvalue weighted by molar-refractivity contribution is 7.90. The maximum absolute atomic E-state index is 13.2. The first-order chi connectivity index (χ1) is 10.9. The highest BCUT2D eigenvalue weighted by atomic mass is 32.2. The first kappa shape index (κ1) is 16.3. The van der Waals surface area contributed by atoms with Gasteiger partial charge in [0.15, 0.2) is 11.6 Å². The molecule has 1 saturated carbocycles. The predicted octanol–water partition coefficient (Wildman–Crippen LogP) is 1.64. The first-order valence-electron chi connectivity index (χ1n) is 7.62. The minimum atomic E-state index is -4.19. The van der Waals surface area contributed by atoms with Crippen molar-refractivity contribution >= 4 is 15.9 Å². The van der Waals surface area contributed by atoms with Crippen LogP contribution in [0.3, 0.4) is 0 Å². The lowest BCUT2D eigenvalue weighted by Gasteiger charge is -2.31. The summed E-state index contributed by atoms with van der Waals surface area (Å²) in [7, 11) is -4.19. The number of nitrogens with one attached hydrogen (secondary N) is 1. The Morgan fingerprint density at radius 1 is 1.09 bits per heavy atom. The molecule has 0 atom stereocenters. The normalized spacial score (nSPS) is 20.4. The topological polar surface area (TPSA) is 66.5 Å². The molecule has 0 aromatic heterocycles. The molecule has 0 bridgehead atoms. The van der Waals surface area contributed by atoms with Gasteiger partial charge in [-0.15, -0.1) is 0 Å². The second-order valence-electron chi connectivity index (χ2n) is 6.09. The molecule has 1 aliphatic heterocycles. The monoisotopic (exact) mass is 344 g/mol. The van der Waals surface area contributed by atoms with Crippen LogP contribution < -0.4 is 4.72 Å². The number of sulfonamides is 1. The third-order valence-corrected chi connectivity index (χ3v) is 5.74. The van der Waals surface area contributed by atoms with E-state index in [1.54, 1.807) is 0 Å². The second kappa shape index (κ2) is 6.16. The lowest BCUT2D eigenvalue weighted by atomic mass is 9.96. The number of nitrogens with zero attached hydrogens (tertiary/aromatic N) is 1. The highest BCUT2D eigenvalue weighted by Crippen LogP contribution is 2.31. The van der Waals surface area contributed by atoms with E-state index in [2.05, 4.69) is 4.90 Å². The summed E-state index contributed by atoms with van der Waals surface area (Å²) >= 11 is 0. The standard InChI is InChI=1S/C15H18F2N2O3S/c16-13-4-3-12(9-14(13)17)23(21,22)18-15(20)10-5-7-19(8-6-10)11-1-2-11/h3-4,9-11H,1-2,5-8H2,(H,18,20). The minimum Gasteiger partial charge on any atom is -0.300 e. The molecule has 126 valence electrons. The van der Waals surface area contributed by atoms with Gasteiger partial charge in [0.25, 0.3) is 10.0 Å². The zero-order valence-corrected chi connectivity index (χ0v) is 13.3. The molecule has 0 unspecified atom stereocenters. The lowest BCUT2D eigenvalue weighted by molar-refractivity contribution is -0.124. The number of hydrogen-bond donors (Lipinski definition) is 1. The van der Waals surface area contributed by atoms with Gasteiger partial charge in [0.1, 0.15) is 0 Å². The van der Waals surface area contributed by atoms with Gasteiger partial charge < -0.3 is 4.90 Å². The Labute approximate surface area is 133 Å². The zero-order valence-electron chi connectivity index (χ0n) is 12.5. The fourth-order valence-electron chi connectivity index (χ4n) is 2.89. The summed E-state index contributed by atoms with van der Waals surface area (Å²) in [6.45, 7) is 1.57. The summed E-state index contributed by atoms with van der Waals surface area (Å²) in [5.41, 5.74) is 0. The molecule has 0 spiro atoms. The van der Waals surface area contributed by atoms with E-state index < -0.39 is 32.5 Å². The first-order valence-corrected chi connectivity index (χ1v) is 9.11. The summed E-state index contributed by atoms with van der Waals surface area (Å²) in [5, 5.41) is 0. The number of benzene rings is 1. The van der Waals surface area contributed by atoms with Crippen LogP contribution in [0.1, 0.15) is 25.7 Å². The van der Waals surface area contributed by atoms with Crippen LogP contribution >= 0.6 is 0 Å². The molecule has 1 saturated heterocycles. The fraction of sp³-hybridized carbons (Fsp3) is 0.533. The Morgan fingerprint density at radius 2 is 1.74 bits per heavy atom. The number of halogens is 2. The second-order valence-corrected chi connectivity index (χ2v) is 7.77. The van der Waals surface area contributed by atoms with E-state index in [1.807, 2.05) is 4.72 Å². The fourth-order valence-corrected chi connectivity index (χ4v) is 3.94. The summed E-state index contributed by atoms with van der Waals surface area (Å²) in [4.78, 5) is 14.0. The molecular formula is C15H18F2N2O3S. The molecule has 23 heavy (non-hydrogen) atoms. The molecule has 1 aromatic carbocycles. The van der Waals surface area contributed by atoms with Crippen molar-refractivity contribution in [2.75, 3.05) is 13.1 Å². The smallest absolute Gasteiger partial charge is 0.264 e. The largest absolute Gasteiger partial charge is 0.300 e. The number of carbonyl (C=O) groups is 1. The minimum absolute atomic E-state index is 0.370. The average molecular weight is 344 g/mol. The van der Waals surface area contributed by atoms with Gasteiger partial charge in [0, 0.05) is 12.0 Å². The summed E-state index contributed by atoms with van der Waals surface area (Å²) < 4.78 is 52.2. The molecule has 2 fully saturated rings. The Bertz CT molecular complexity index is 711. The van der Waals surface area contributed by atoms with E-state index >= 15 is 0 Å². The molecule has 8 heteroatoms. The Kier molecular flexibility index (Phi) is 4.37. The molecule has 1 amide bonds. The molecule has 2 aliphatic rings. The van der Waals surface area contributed by atoms with E-state index in [1.165, 1.54) is 12.8 Å². The van der Waals surface area contributed by atoms with Crippen molar-refractivity contribution in [3.8, 4) is 0 Å². The van der Waals surface area contributed by atoms with Gasteiger partial charge in [-0.2, -0.15) is 0 Å². The lowest BCUT2D eigenvalue weighted by Crippen LogP contribution is -2.42. The quantitative estimate of drug-likeness (QED) is 0.902. The number of amides is 1. The average Bonchev–Trinajstić information content (AvgIpc) is 3.34. The third kappa shape index (κ3) is 3.69. The molecule has 1 aliphatic carbocycles. The molecule has 1 N–H and O–H groups in total. The molecule has 1 heterocycles. The Morgan fingerprint density at radius 3 is 2.30 bits per heavy atom. The summed E-state index contributed by atoms with van der Waals surface area (Å²) in [6.07, 6.45) is 3.61. The van der Waals surface area contributed by atoms with Crippen molar-refractivity contribution in [1.29, 1.82) is 0 Å². The molecule has 1 aromatic rings. The van der Waals surface area contributed by atoms with Gasteiger partial charge in [-0.05, 0) is 57.0 Å². The predicted molar refractivity (Wildman–Crippen MR) is 79.0 cm³/mol.